The zero-order chi connectivity index (χ0) is 18.7. The Balaban J connectivity index is 1.74. The summed E-state index contributed by atoms with van der Waals surface area (Å²) in [5.74, 6) is -0.801. The molecule has 1 amide bonds. The summed E-state index contributed by atoms with van der Waals surface area (Å²) >= 11 is 11.9. The maximum absolute atomic E-state index is 12.2. The fourth-order valence-electron chi connectivity index (χ4n) is 2.11. The molecule has 0 aliphatic carbocycles. The van der Waals surface area contributed by atoms with Gasteiger partial charge in [-0.2, -0.15) is 0 Å². The van der Waals surface area contributed by atoms with Crippen LogP contribution in [-0.2, 0) is 4.74 Å². The molecule has 2 aromatic carbocycles. The van der Waals surface area contributed by atoms with Crippen molar-refractivity contribution >= 4 is 41.1 Å². The summed E-state index contributed by atoms with van der Waals surface area (Å²) in [6.45, 7) is 0. The summed E-state index contributed by atoms with van der Waals surface area (Å²) in [5.41, 5.74) is 1.17. The Kier molecular flexibility index (Phi) is 5.20. The van der Waals surface area contributed by atoms with Crippen molar-refractivity contribution in [1.29, 1.82) is 0 Å². The lowest BCUT2D eigenvalue weighted by molar-refractivity contribution is 0.0600. The van der Waals surface area contributed by atoms with Crippen molar-refractivity contribution in [3.8, 4) is 11.5 Å². The molecule has 9 heteroatoms. The van der Waals surface area contributed by atoms with Crippen LogP contribution in [0.5, 0.6) is 0 Å². The monoisotopic (exact) mass is 391 g/mol. The number of nitrogens with one attached hydrogen (secondary N) is 1. The molecule has 0 bridgehead atoms. The average Bonchev–Trinajstić information content (AvgIpc) is 3.09. The van der Waals surface area contributed by atoms with Crippen LogP contribution in [0, 0.1) is 0 Å². The fraction of sp³-hybridized carbons (Fsp3) is 0.0588. The van der Waals surface area contributed by atoms with E-state index in [0.29, 0.717) is 26.7 Å². The molecule has 0 saturated heterocycles. The molecule has 0 unspecified atom stereocenters. The van der Waals surface area contributed by atoms with Crippen LogP contribution in [0.2, 0.25) is 10.0 Å². The maximum Gasteiger partial charge on any atom is 0.337 e. The van der Waals surface area contributed by atoms with Gasteiger partial charge in [0.2, 0.25) is 5.89 Å². The number of hydrogen-bond donors (Lipinski definition) is 1. The molecule has 132 valence electrons. The number of amides is 1. The van der Waals surface area contributed by atoms with Crippen LogP contribution in [0.4, 0.5) is 6.01 Å². The van der Waals surface area contributed by atoms with E-state index in [2.05, 4.69) is 20.3 Å². The smallest absolute Gasteiger partial charge is 0.337 e. The number of carbonyl (C=O) groups excluding carboxylic acids is 2. The number of halogens is 2. The van der Waals surface area contributed by atoms with E-state index in [-0.39, 0.29) is 11.9 Å². The highest BCUT2D eigenvalue weighted by Gasteiger charge is 2.14. The van der Waals surface area contributed by atoms with E-state index in [4.69, 9.17) is 27.6 Å². The Morgan fingerprint density at radius 3 is 2.23 bits per heavy atom. The van der Waals surface area contributed by atoms with Crippen LogP contribution in [0.15, 0.2) is 46.9 Å². The van der Waals surface area contributed by atoms with Gasteiger partial charge in [-0.15, -0.1) is 5.10 Å². The molecular weight excluding hydrogens is 381 g/mol. The van der Waals surface area contributed by atoms with E-state index >= 15 is 0 Å². The number of nitrogens with zero attached hydrogens (tertiary/aromatic N) is 2. The predicted octanol–water partition coefficient (Wildman–Crippen LogP) is 4.08. The second-order valence-corrected chi connectivity index (χ2v) is 5.97. The largest absolute Gasteiger partial charge is 0.465 e. The quantitative estimate of drug-likeness (QED) is 0.673. The minimum Gasteiger partial charge on any atom is -0.465 e. The van der Waals surface area contributed by atoms with Gasteiger partial charge in [0.15, 0.2) is 0 Å². The number of benzene rings is 2. The Morgan fingerprint density at radius 2 is 1.62 bits per heavy atom. The number of hydrogen-bond acceptors (Lipinski definition) is 6. The van der Waals surface area contributed by atoms with Gasteiger partial charge < -0.3 is 9.15 Å². The lowest BCUT2D eigenvalue weighted by Crippen LogP contribution is -2.12. The summed E-state index contributed by atoms with van der Waals surface area (Å²) in [6.07, 6.45) is 0. The van der Waals surface area contributed by atoms with Gasteiger partial charge in [-0.25, -0.2) is 4.79 Å². The first-order chi connectivity index (χ1) is 12.5. The summed E-state index contributed by atoms with van der Waals surface area (Å²) in [6, 6.07) is 10.6. The summed E-state index contributed by atoms with van der Waals surface area (Å²) in [7, 11) is 1.28. The predicted molar refractivity (Wildman–Crippen MR) is 95.5 cm³/mol. The van der Waals surface area contributed by atoms with Crippen molar-refractivity contribution in [2.45, 2.75) is 0 Å². The molecule has 7 nitrogen and oxygen atoms in total. The van der Waals surface area contributed by atoms with Gasteiger partial charge in [0, 0.05) is 21.2 Å². The van der Waals surface area contributed by atoms with Gasteiger partial charge in [0.1, 0.15) is 0 Å². The van der Waals surface area contributed by atoms with E-state index in [1.807, 2.05) is 0 Å². The number of anilines is 1. The summed E-state index contributed by atoms with van der Waals surface area (Å²) < 4.78 is 10.0. The van der Waals surface area contributed by atoms with Gasteiger partial charge in [0.25, 0.3) is 5.91 Å². The number of carbonyl (C=O) groups is 2. The van der Waals surface area contributed by atoms with Crippen molar-refractivity contribution in [2.75, 3.05) is 12.4 Å². The Labute approximate surface area is 157 Å². The highest BCUT2D eigenvalue weighted by atomic mass is 35.5. The third-order valence-corrected chi connectivity index (χ3v) is 3.76. The number of aromatic nitrogens is 2. The Hall–Kier alpha value is -2.90. The third-order valence-electron chi connectivity index (χ3n) is 3.32. The molecule has 26 heavy (non-hydrogen) atoms. The standard InChI is InChI=1S/C17H11Cl2N3O4/c1-25-16(24)10-4-2-9(3-5-10)14(23)20-17-22-21-15(26-17)11-6-12(18)8-13(19)7-11/h2-8H,1H3,(H,20,22,23). The molecule has 0 aliphatic rings. The highest BCUT2D eigenvalue weighted by molar-refractivity contribution is 6.35. The molecule has 1 aromatic heterocycles. The molecule has 0 saturated carbocycles. The number of rotatable bonds is 4. The van der Waals surface area contributed by atoms with E-state index in [9.17, 15) is 9.59 Å². The van der Waals surface area contributed by atoms with E-state index < -0.39 is 11.9 Å². The molecule has 3 aromatic rings. The first-order valence-corrected chi connectivity index (χ1v) is 8.01. The normalized spacial score (nSPS) is 10.4. The van der Waals surface area contributed by atoms with Crippen molar-refractivity contribution in [3.05, 3.63) is 63.6 Å². The molecule has 1 N–H and O–H groups in total. The minimum atomic E-state index is -0.487. The second-order valence-electron chi connectivity index (χ2n) is 5.09. The van der Waals surface area contributed by atoms with Crippen LogP contribution in [0.25, 0.3) is 11.5 Å². The zero-order valence-corrected chi connectivity index (χ0v) is 14.8. The SMILES string of the molecule is COC(=O)c1ccc(C(=O)Nc2nnc(-c3cc(Cl)cc(Cl)c3)o2)cc1. The van der Waals surface area contributed by atoms with E-state index in [0.717, 1.165) is 0 Å². The van der Waals surface area contributed by atoms with Crippen LogP contribution in [0.1, 0.15) is 20.7 Å². The van der Waals surface area contributed by atoms with E-state index in [1.54, 1.807) is 18.2 Å². The average molecular weight is 392 g/mol. The molecule has 1 heterocycles. The molecule has 0 atom stereocenters. The van der Waals surface area contributed by atoms with Crippen LogP contribution in [0.3, 0.4) is 0 Å². The topological polar surface area (TPSA) is 94.3 Å². The Bertz CT molecular complexity index is 950. The highest BCUT2D eigenvalue weighted by Crippen LogP contribution is 2.27. The van der Waals surface area contributed by atoms with Gasteiger partial charge in [0.05, 0.1) is 12.7 Å². The third kappa shape index (κ3) is 4.01. The van der Waals surface area contributed by atoms with Gasteiger partial charge >= 0.3 is 12.0 Å². The molecule has 0 spiro atoms. The molecule has 0 fully saturated rings. The van der Waals surface area contributed by atoms with Crippen LogP contribution < -0.4 is 5.32 Å². The number of ether oxygens (including phenoxy) is 1. The molecule has 3 rings (SSSR count). The number of esters is 1. The van der Waals surface area contributed by atoms with Crippen molar-refractivity contribution in [1.82, 2.24) is 10.2 Å². The number of methoxy groups -OCH3 is 1. The molecule has 0 aliphatic heterocycles. The lowest BCUT2D eigenvalue weighted by atomic mass is 10.1. The van der Waals surface area contributed by atoms with Crippen molar-refractivity contribution in [2.24, 2.45) is 0 Å². The fourth-order valence-corrected chi connectivity index (χ4v) is 2.64. The summed E-state index contributed by atoms with van der Waals surface area (Å²) in [5, 5.41) is 10.9. The van der Waals surface area contributed by atoms with E-state index in [1.165, 1.54) is 31.4 Å². The second kappa shape index (κ2) is 7.55. The minimum absolute atomic E-state index is 0.0851. The van der Waals surface area contributed by atoms with Crippen molar-refractivity contribution < 1.29 is 18.7 Å². The first kappa shape index (κ1) is 17.9. The van der Waals surface area contributed by atoms with Gasteiger partial charge in [-0.05, 0) is 42.5 Å². The Morgan fingerprint density at radius 1 is 1.00 bits per heavy atom. The van der Waals surface area contributed by atoms with Gasteiger partial charge in [-0.1, -0.05) is 28.3 Å². The molecular formula is C17H11Cl2N3O4. The zero-order valence-electron chi connectivity index (χ0n) is 13.3. The first-order valence-electron chi connectivity index (χ1n) is 7.26. The maximum atomic E-state index is 12.2. The molecule has 0 radical (unpaired) electrons. The van der Waals surface area contributed by atoms with Crippen LogP contribution >= 0.6 is 23.2 Å². The summed E-state index contributed by atoms with van der Waals surface area (Å²) in [4.78, 5) is 23.6. The lowest BCUT2D eigenvalue weighted by Gasteiger charge is -2.02. The van der Waals surface area contributed by atoms with Gasteiger partial charge in [-0.3, -0.25) is 10.1 Å². The van der Waals surface area contributed by atoms with Crippen LogP contribution in [-0.4, -0.2) is 29.2 Å². The van der Waals surface area contributed by atoms with Crippen molar-refractivity contribution in [3.63, 3.8) is 0 Å².